The summed E-state index contributed by atoms with van der Waals surface area (Å²) >= 11 is 0. The molecule has 2 aliphatic rings. The molecule has 3 amide bonds. The molecule has 0 unspecified atom stereocenters. The van der Waals surface area contributed by atoms with Gasteiger partial charge in [0.25, 0.3) is 11.8 Å². The molecule has 1 aliphatic heterocycles. The van der Waals surface area contributed by atoms with E-state index in [9.17, 15) is 14.4 Å². The average Bonchev–Trinajstić information content (AvgIpc) is 2.99. The Morgan fingerprint density at radius 3 is 2.53 bits per heavy atom. The minimum Gasteiger partial charge on any atom is -0.491 e. The number of hydrogen-bond acceptors (Lipinski definition) is 7. The maximum atomic E-state index is 12.3. The quantitative estimate of drug-likeness (QED) is 0.217. The minimum absolute atomic E-state index is 0.0207. The molecule has 0 radical (unpaired) electrons. The number of hydrazone groups is 1. The van der Waals surface area contributed by atoms with E-state index in [2.05, 4.69) is 10.5 Å². The van der Waals surface area contributed by atoms with Gasteiger partial charge in [0.05, 0.1) is 5.57 Å². The van der Waals surface area contributed by atoms with Crippen LogP contribution in [0.5, 0.6) is 5.75 Å². The van der Waals surface area contributed by atoms with Gasteiger partial charge in [-0.1, -0.05) is 12.2 Å². The molecule has 0 fully saturated rings. The fourth-order valence-corrected chi connectivity index (χ4v) is 3.01. The molecular weight excluding hydrogens is 416 g/mol. The van der Waals surface area contributed by atoms with Gasteiger partial charge in [0, 0.05) is 11.1 Å². The van der Waals surface area contributed by atoms with E-state index < -0.39 is 23.5 Å². The van der Waals surface area contributed by atoms with Crippen LogP contribution in [-0.2, 0) is 19.2 Å². The van der Waals surface area contributed by atoms with E-state index in [4.69, 9.17) is 20.0 Å². The number of nitrogens with zero attached hydrogens (tertiary/aromatic N) is 2. The van der Waals surface area contributed by atoms with Crippen LogP contribution in [0.1, 0.15) is 39.2 Å². The van der Waals surface area contributed by atoms with Gasteiger partial charge in [-0.2, -0.15) is 5.10 Å². The molecule has 0 bridgehead atoms. The first-order valence-electron chi connectivity index (χ1n) is 10.1. The number of imide groups is 1. The van der Waals surface area contributed by atoms with Crippen molar-refractivity contribution in [1.29, 1.82) is 0 Å². The molecule has 3 N–H and O–H groups in total. The Morgan fingerprint density at radius 1 is 1.16 bits per heavy atom. The van der Waals surface area contributed by atoms with Crippen LogP contribution in [0, 0.1) is 0 Å². The number of amidine groups is 1. The molecule has 0 spiro atoms. The molecule has 32 heavy (non-hydrogen) atoms. The number of nitrogens with two attached hydrogens (primary N) is 1. The van der Waals surface area contributed by atoms with E-state index in [-0.39, 0.29) is 19.0 Å². The van der Waals surface area contributed by atoms with Gasteiger partial charge < -0.3 is 15.2 Å². The number of rotatable bonds is 7. The Morgan fingerprint density at radius 2 is 1.88 bits per heavy atom. The van der Waals surface area contributed by atoms with Crippen LogP contribution in [-0.4, -0.2) is 47.6 Å². The van der Waals surface area contributed by atoms with Crippen LogP contribution in [0.4, 0.5) is 4.79 Å². The summed E-state index contributed by atoms with van der Waals surface area (Å²) in [6, 6.07) is 6.68. The molecule has 1 aliphatic carbocycles. The summed E-state index contributed by atoms with van der Waals surface area (Å²) < 4.78 is 10.7. The summed E-state index contributed by atoms with van der Waals surface area (Å²) in [7, 11) is 0. The average molecular weight is 442 g/mol. The van der Waals surface area contributed by atoms with Crippen LogP contribution < -0.4 is 15.9 Å². The lowest BCUT2D eigenvalue weighted by Crippen LogP contribution is -2.33. The smallest absolute Gasteiger partial charge is 0.428 e. The first-order valence-corrected chi connectivity index (χ1v) is 10.1. The first kappa shape index (κ1) is 23.0. The molecule has 170 valence electrons. The summed E-state index contributed by atoms with van der Waals surface area (Å²) in [5.41, 5.74) is 8.93. The number of amides is 3. The highest BCUT2D eigenvalue weighted by atomic mass is 16.7. The maximum absolute atomic E-state index is 12.3. The molecule has 1 aromatic rings. The molecule has 10 heteroatoms. The molecule has 1 aromatic carbocycles. The van der Waals surface area contributed by atoms with Crippen LogP contribution in [0.2, 0.25) is 0 Å². The third-order valence-corrected chi connectivity index (χ3v) is 4.42. The van der Waals surface area contributed by atoms with Crippen LogP contribution in [0.25, 0.3) is 0 Å². The minimum atomic E-state index is -0.706. The van der Waals surface area contributed by atoms with Crippen molar-refractivity contribution in [3.8, 4) is 5.75 Å². The third kappa shape index (κ3) is 5.73. The Labute approximate surface area is 185 Å². The summed E-state index contributed by atoms with van der Waals surface area (Å²) in [4.78, 5) is 41.5. The van der Waals surface area contributed by atoms with Crippen molar-refractivity contribution in [2.45, 2.75) is 39.2 Å². The topological polar surface area (TPSA) is 133 Å². The number of hydroxylamine groups is 2. The lowest BCUT2D eigenvalue weighted by atomic mass is 10.00. The summed E-state index contributed by atoms with van der Waals surface area (Å²) in [5.74, 6) is -0.222. The monoisotopic (exact) mass is 442 g/mol. The highest BCUT2D eigenvalue weighted by Gasteiger charge is 2.38. The Hall–Kier alpha value is -3.66. The van der Waals surface area contributed by atoms with E-state index in [1.807, 2.05) is 6.08 Å². The Bertz CT molecular complexity index is 989. The van der Waals surface area contributed by atoms with Crippen molar-refractivity contribution in [3.05, 3.63) is 53.1 Å². The van der Waals surface area contributed by atoms with Crippen LogP contribution in [0.3, 0.4) is 0 Å². The maximum Gasteiger partial charge on any atom is 0.428 e. The van der Waals surface area contributed by atoms with Crippen molar-refractivity contribution < 1.29 is 28.7 Å². The van der Waals surface area contributed by atoms with Crippen LogP contribution in [0.15, 0.2) is 52.7 Å². The van der Waals surface area contributed by atoms with Crippen molar-refractivity contribution in [2.75, 3.05) is 13.2 Å². The standard InChI is InChI=1S/C22H26N4O6/c1-22(2,3)32-21(29)25-24-18(23)14-8-10-15(11-9-14)30-12-13-31-26-19(27)16-6-4-5-7-17(16)20(26)28/h4,6,8-11H,5,7,12-13H2,1-3H3,(H2,23,24)(H,25,29). The van der Waals surface area contributed by atoms with Gasteiger partial charge in [-0.15, -0.1) is 5.06 Å². The van der Waals surface area contributed by atoms with E-state index >= 15 is 0 Å². The summed E-state index contributed by atoms with van der Waals surface area (Å²) in [6.45, 7) is 5.37. The highest BCUT2D eigenvalue weighted by molar-refractivity contribution is 6.20. The van der Waals surface area contributed by atoms with Gasteiger partial charge in [0.2, 0.25) is 0 Å². The number of hydrogen-bond donors (Lipinski definition) is 2. The lowest BCUT2D eigenvalue weighted by molar-refractivity contribution is -0.187. The molecule has 1 heterocycles. The van der Waals surface area contributed by atoms with Gasteiger partial charge in [0.1, 0.15) is 24.6 Å². The number of carbonyl (C=O) groups excluding carboxylic acids is 3. The van der Waals surface area contributed by atoms with Gasteiger partial charge in [-0.25, -0.2) is 10.2 Å². The third-order valence-electron chi connectivity index (χ3n) is 4.42. The number of ether oxygens (including phenoxy) is 2. The fourth-order valence-electron chi connectivity index (χ4n) is 3.01. The van der Waals surface area contributed by atoms with Crippen molar-refractivity contribution in [2.24, 2.45) is 10.8 Å². The predicted molar refractivity (Wildman–Crippen MR) is 115 cm³/mol. The fraction of sp³-hybridized carbons (Fsp3) is 0.364. The summed E-state index contributed by atoms with van der Waals surface area (Å²) in [5, 5.41) is 4.60. The first-order chi connectivity index (χ1) is 15.2. The molecule has 3 rings (SSSR count). The Kier molecular flexibility index (Phi) is 6.94. The molecule has 0 aromatic heterocycles. The zero-order chi connectivity index (χ0) is 23.3. The normalized spacial score (nSPS) is 16.3. The molecule has 0 saturated heterocycles. The van der Waals surface area contributed by atoms with Gasteiger partial charge in [-0.05, 0) is 57.9 Å². The molecule has 0 atom stereocenters. The second-order valence-electron chi connectivity index (χ2n) is 8.05. The number of allylic oxidation sites excluding steroid dienone is 1. The highest BCUT2D eigenvalue weighted by Crippen LogP contribution is 2.29. The van der Waals surface area contributed by atoms with Gasteiger partial charge in [0.15, 0.2) is 5.84 Å². The molecular formula is C22H26N4O6. The van der Waals surface area contributed by atoms with E-state index in [0.29, 0.717) is 28.9 Å². The van der Waals surface area contributed by atoms with E-state index in [0.717, 1.165) is 11.5 Å². The van der Waals surface area contributed by atoms with E-state index in [1.54, 1.807) is 51.1 Å². The second kappa shape index (κ2) is 9.65. The van der Waals surface area contributed by atoms with E-state index in [1.165, 1.54) is 0 Å². The van der Waals surface area contributed by atoms with Crippen molar-refractivity contribution in [1.82, 2.24) is 10.5 Å². The lowest BCUT2D eigenvalue weighted by Gasteiger charge is -2.18. The van der Waals surface area contributed by atoms with Crippen molar-refractivity contribution in [3.63, 3.8) is 0 Å². The van der Waals surface area contributed by atoms with Crippen LogP contribution >= 0.6 is 0 Å². The van der Waals surface area contributed by atoms with Gasteiger partial charge in [-0.3, -0.25) is 14.4 Å². The number of carbonyl (C=O) groups is 3. The molecule has 0 saturated carbocycles. The largest absolute Gasteiger partial charge is 0.491 e. The second-order valence-corrected chi connectivity index (χ2v) is 8.05. The number of benzene rings is 1. The zero-order valence-corrected chi connectivity index (χ0v) is 18.2. The SMILES string of the molecule is CC(C)(C)OC(=O)N/N=C(\N)c1ccc(OCCON2C(=O)C3=C(CCC=C3)C2=O)cc1. The summed E-state index contributed by atoms with van der Waals surface area (Å²) in [6.07, 6.45) is 4.10. The molecule has 10 nitrogen and oxygen atoms in total. The van der Waals surface area contributed by atoms with Gasteiger partial charge >= 0.3 is 6.09 Å². The Balaban J connectivity index is 1.44. The zero-order valence-electron chi connectivity index (χ0n) is 18.2. The predicted octanol–water partition coefficient (Wildman–Crippen LogP) is 2.16. The number of nitrogens with one attached hydrogen (secondary N) is 1. The van der Waals surface area contributed by atoms with Crippen molar-refractivity contribution >= 4 is 23.7 Å².